The van der Waals surface area contributed by atoms with Crippen LogP contribution >= 0.6 is 0 Å². The van der Waals surface area contributed by atoms with Crippen LogP contribution in [0, 0.1) is 0 Å². The normalized spacial score (nSPS) is 8.00. The summed E-state index contributed by atoms with van der Waals surface area (Å²) in [4.78, 5) is 0. The first kappa shape index (κ1) is 17.0. The van der Waals surface area contributed by atoms with Crippen LogP contribution in [0.1, 0.15) is 0 Å². The third kappa shape index (κ3) is 193. The van der Waals surface area contributed by atoms with Crippen LogP contribution in [0.5, 0.6) is 0 Å². The molecule has 0 amide bonds. The number of hydrogen-bond donors (Lipinski definition) is 2. The minimum atomic E-state index is -4.67. The molecule has 0 unspecified atom stereocenters. The molecular weight excluding hydrogens is 521 g/mol. The van der Waals surface area contributed by atoms with E-state index >= 15 is 0 Å². The molecule has 0 aromatic carbocycles. The Morgan fingerprint density at radius 2 is 1.00 bits per heavy atom. The summed E-state index contributed by atoms with van der Waals surface area (Å²) in [5.41, 5.74) is 0. The Morgan fingerprint density at radius 3 is 1.00 bits per heavy atom. The molecule has 0 rings (SSSR count). The monoisotopic (exact) mass is 532 g/mol. The Hall–Kier alpha value is 1.74. The molecule has 0 saturated heterocycles. The van der Waals surface area contributed by atoms with E-state index in [0.29, 0.717) is 0 Å². The van der Waals surface area contributed by atoms with Gasteiger partial charge in [-0.1, -0.05) is 0 Å². The van der Waals surface area contributed by atoms with Gasteiger partial charge in [-0.05, 0) is 0 Å². The van der Waals surface area contributed by atoms with Gasteiger partial charge in [0.05, 0.1) is 0 Å². The van der Waals surface area contributed by atoms with Crippen molar-refractivity contribution in [2.45, 2.75) is 8.86 Å². The standard InChI is InChI=1S/2CH3.2Hg.H2O4S/c;;;;1-5(2,3)4/h2*1H3;;;(H2,1,2,3,4). The van der Waals surface area contributed by atoms with Crippen LogP contribution in [0.25, 0.3) is 0 Å². The summed E-state index contributed by atoms with van der Waals surface area (Å²) in [6, 6.07) is 0. The Morgan fingerprint density at radius 1 is 1.00 bits per heavy atom. The van der Waals surface area contributed by atoms with Crippen molar-refractivity contribution in [1.82, 2.24) is 0 Å². The fourth-order valence-electron chi connectivity index (χ4n) is 0. The van der Waals surface area contributed by atoms with Crippen molar-refractivity contribution in [2.75, 3.05) is 0 Å². The summed E-state index contributed by atoms with van der Waals surface area (Å²) in [7, 11) is -4.67. The maximum absolute atomic E-state index is 8.74. The zero-order valence-corrected chi connectivity index (χ0v) is 17.3. The van der Waals surface area contributed by atoms with Gasteiger partial charge in [0.2, 0.25) is 0 Å². The first-order valence-electron chi connectivity index (χ1n) is 2.11. The van der Waals surface area contributed by atoms with Crippen LogP contribution in [0.3, 0.4) is 0 Å². The molecule has 7 heteroatoms. The quantitative estimate of drug-likeness (QED) is 0.355. The predicted octanol–water partition coefficient (Wildman–Crippen LogP) is 0.510. The summed E-state index contributed by atoms with van der Waals surface area (Å²) in [6.45, 7) is 0. The van der Waals surface area contributed by atoms with E-state index in [1.54, 1.807) is 0 Å². The zero-order valence-electron chi connectivity index (χ0n) is 5.53. The summed E-state index contributed by atoms with van der Waals surface area (Å²) in [5.74, 6) is 0. The van der Waals surface area contributed by atoms with Gasteiger partial charge in [0, 0.05) is 0 Å². The van der Waals surface area contributed by atoms with Crippen molar-refractivity contribution in [3.05, 3.63) is 0 Å². The van der Waals surface area contributed by atoms with E-state index in [1.807, 2.05) is 0 Å². The van der Waals surface area contributed by atoms with Crippen molar-refractivity contribution in [3.8, 4) is 0 Å². The Labute approximate surface area is 87.9 Å². The fourth-order valence-corrected chi connectivity index (χ4v) is 0. The van der Waals surface area contributed by atoms with Gasteiger partial charge in [-0.2, -0.15) is 8.42 Å². The Balaban J connectivity index is -0.0000000771. The predicted molar refractivity (Wildman–Crippen MR) is 25.9 cm³/mol. The van der Waals surface area contributed by atoms with Gasteiger partial charge in [-0.3, -0.25) is 9.11 Å². The molecule has 0 spiro atoms. The molecule has 0 aliphatic heterocycles. The minimum absolute atomic E-state index is 1.03. The van der Waals surface area contributed by atoms with Gasteiger partial charge in [-0.25, -0.2) is 0 Å². The van der Waals surface area contributed by atoms with Crippen LogP contribution in [-0.4, -0.2) is 17.5 Å². The molecule has 0 saturated carbocycles. The third-order valence-corrected chi connectivity index (χ3v) is 0. The van der Waals surface area contributed by atoms with Gasteiger partial charge in [0.15, 0.2) is 0 Å². The van der Waals surface area contributed by atoms with E-state index < -0.39 is 10.4 Å². The van der Waals surface area contributed by atoms with Gasteiger partial charge in [0.25, 0.3) is 0 Å². The fraction of sp³-hybridized carbons (Fsp3) is 1.00. The maximum atomic E-state index is 8.74. The second-order valence-corrected chi connectivity index (χ2v) is 1.34. The van der Waals surface area contributed by atoms with E-state index in [-0.39, 0.29) is 0 Å². The van der Waals surface area contributed by atoms with Crippen molar-refractivity contribution < 1.29 is 69.8 Å². The first-order valence-corrected chi connectivity index (χ1v) is 14.5. The van der Waals surface area contributed by atoms with Crippen molar-refractivity contribution >= 4 is 10.4 Å². The van der Waals surface area contributed by atoms with Crippen LogP contribution in [0.15, 0.2) is 0 Å². The van der Waals surface area contributed by atoms with Gasteiger partial charge < -0.3 is 0 Å². The van der Waals surface area contributed by atoms with E-state index in [2.05, 4.69) is 8.86 Å². The van der Waals surface area contributed by atoms with Gasteiger partial charge >= 0.3 is 71.5 Å². The van der Waals surface area contributed by atoms with Crippen LogP contribution in [0.4, 0.5) is 0 Å². The first-order chi connectivity index (χ1) is 4.00. The molecule has 0 aromatic rings. The average Bonchev–Trinajstić information content (AvgIpc) is 1.72. The SMILES string of the molecule is O=S(=O)(O)O.[CH3][Hg].[CH3][Hg]. The van der Waals surface area contributed by atoms with E-state index in [1.165, 1.54) is 0 Å². The second kappa shape index (κ2) is 12.4. The molecule has 0 aliphatic carbocycles. The number of rotatable bonds is 0. The molecule has 0 heterocycles. The van der Waals surface area contributed by atoms with Crippen molar-refractivity contribution in [2.24, 2.45) is 0 Å². The molecular formula is C2H8Hg2O4S. The summed E-state index contributed by atoms with van der Waals surface area (Å²) in [6.07, 6.45) is 0. The second-order valence-electron chi connectivity index (χ2n) is 0.448. The summed E-state index contributed by atoms with van der Waals surface area (Å²) in [5, 5.41) is 0. The summed E-state index contributed by atoms with van der Waals surface area (Å²) >= 11 is 2.06. The molecule has 0 radical (unpaired) electrons. The van der Waals surface area contributed by atoms with Crippen LogP contribution < -0.4 is 0 Å². The van der Waals surface area contributed by atoms with Gasteiger partial charge in [0.1, 0.15) is 0 Å². The molecule has 9 heavy (non-hydrogen) atoms. The molecule has 50 valence electrons. The van der Waals surface area contributed by atoms with E-state index in [0.717, 1.165) is 52.2 Å². The van der Waals surface area contributed by atoms with Gasteiger partial charge in [-0.15, -0.1) is 0 Å². The Bertz CT molecular complexity index is 99.7. The van der Waals surface area contributed by atoms with Crippen molar-refractivity contribution in [3.63, 3.8) is 0 Å². The van der Waals surface area contributed by atoms with Crippen LogP contribution in [-0.2, 0) is 62.6 Å². The molecule has 0 bridgehead atoms. The molecule has 2 N–H and O–H groups in total. The topological polar surface area (TPSA) is 74.6 Å². The van der Waals surface area contributed by atoms with Crippen LogP contribution in [0.2, 0.25) is 8.86 Å². The zero-order chi connectivity index (χ0) is 8.50. The van der Waals surface area contributed by atoms with E-state index in [4.69, 9.17) is 17.5 Å². The average molecular weight is 529 g/mol. The third-order valence-electron chi connectivity index (χ3n) is 0. The van der Waals surface area contributed by atoms with Crippen molar-refractivity contribution in [1.29, 1.82) is 0 Å². The molecule has 0 aliphatic rings. The molecule has 0 aromatic heterocycles. The molecule has 0 atom stereocenters. The van der Waals surface area contributed by atoms with E-state index in [9.17, 15) is 0 Å². The Kier molecular flexibility index (Phi) is 23.5. The molecule has 4 nitrogen and oxygen atoms in total. The molecule has 0 fully saturated rings. The number of hydrogen-bond acceptors (Lipinski definition) is 2. The summed E-state index contributed by atoms with van der Waals surface area (Å²) < 4.78 is 36.0.